The quantitative estimate of drug-likeness (QED) is 0.478. The number of halogens is 1. The Bertz CT molecular complexity index is 1050. The average molecular weight is 470 g/mol. The van der Waals surface area contributed by atoms with Gasteiger partial charge in [0.05, 0.1) is 36.5 Å². The molecule has 1 saturated heterocycles. The normalized spacial score (nSPS) is 14.6. The summed E-state index contributed by atoms with van der Waals surface area (Å²) < 4.78 is 42.2. The van der Waals surface area contributed by atoms with Crippen LogP contribution in [-0.2, 0) is 24.3 Å². The lowest BCUT2D eigenvalue weighted by Crippen LogP contribution is -2.40. The third-order valence-electron chi connectivity index (χ3n) is 4.35. The van der Waals surface area contributed by atoms with E-state index in [2.05, 4.69) is 10.3 Å². The summed E-state index contributed by atoms with van der Waals surface area (Å²) in [5.74, 6) is -1.22. The van der Waals surface area contributed by atoms with Gasteiger partial charge in [-0.1, -0.05) is 11.6 Å². The third kappa shape index (κ3) is 5.70. The van der Waals surface area contributed by atoms with Gasteiger partial charge in [-0.2, -0.15) is 4.31 Å². The highest BCUT2D eigenvalue weighted by molar-refractivity contribution is 7.89. The van der Waals surface area contributed by atoms with Crippen LogP contribution in [0.25, 0.3) is 0 Å². The SMILES string of the molecule is COc1cc(S(=O)(=O)N2CCOCC2)ccc1NC(=O)COC(=O)c1ccc(Cl)nc1. The molecule has 10 nitrogen and oxygen atoms in total. The molecule has 1 aliphatic rings. The molecule has 1 aromatic carbocycles. The van der Waals surface area contributed by atoms with Gasteiger partial charge in [-0.3, -0.25) is 4.79 Å². The van der Waals surface area contributed by atoms with Crippen molar-refractivity contribution in [1.29, 1.82) is 0 Å². The number of nitrogens with zero attached hydrogens (tertiary/aromatic N) is 2. The molecular weight excluding hydrogens is 450 g/mol. The summed E-state index contributed by atoms with van der Waals surface area (Å²) in [7, 11) is -2.37. The smallest absolute Gasteiger partial charge is 0.340 e. The van der Waals surface area contributed by atoms with Crippen LogP contribution in [0.3, 0.4) is 0 Å². The molecule has 1 fully saturated rings. The van der Waals surface area contributed by atoms with Gasteiger partial charge in [0.15, 0.2) is 6.61 Å². The Morgan fingerprint density at radius 2 is 1.97 bits per heavy atom. The number of hydrogen-bond donors (Lipinski definition) is 1. The zero-order valence-electron chi connectivity index (χ0n) is 16.5. The van der Waals surface area contributed by atoms with Gasteiger partial charge in [0.25, 0.3) is 5.91 Å². The topological polar surface area (TPSA) is 124 Å². The van der Waals surface area contributed by atoms with E-state index in [1.807, 2.05) is 0 Å². The standard InChI is InChI=1S/C19H20ClN3O7S/c1-28-16-10-14(31(26,27)23-6-8-29-9-7-23)3-4-15(16)22-18(24)12-30-19(25)13-2-5-17(20)21-11-13/h2-5,10-11H,6-9,12H2,1H3,(H,22,24). The number of rotatable bonds is 7. The second-order valence-electron chi connectivity index (χ2n) is 6.37. The van der Waals surface area contributed by atoms with E-state index in [-0.39, 0.29) is 40.1 Å². The number of ether oxygens (including phenoxy) is 3. The lowest BCUT2D eigenvalue weighted by atomic mass is 10.3. The average Bonchev–Trinajstić information content (AvgIpc) is 2.78. The first-order valence-corrected chi connectivity index (χ1v) is 11.0. The van der Waals surface area contributed by atoms with E-state index >= 15 is 0 Å². The molecule has 1 aromatic heterocycles. The van der Waals surface area contributed by atoms with Gasteiger partial charge in [-0.05, 0) is 24.3 Å². The lowest BCUT2D eigenvalue weighted by Gasteiger charge is -2.26. The fraction of sp³-hybridized carbons (Fsp3) is 0.316. The van der Waals surface area contributed by atoms with Crippen LogP contribution < -0.4 is 10.1 Å². The Kier molecular flexibility index (Phi) is 7.44. The molecule has 12 heteroatoms. The molecule has 1 N–H and O–H groups in total. The van der Waals surface area contributed by atoms with Crippen molar-refractivity contribution >= 4 is 39.2 Å². The van der Waals surface area contributed by atoms with E-state index in [9.17, 15) is 18.0 Å². The first kappa shape index (κ1) is 22.9. The van der Waals surface area contributed by atoms with Gasteiger partial charge in [-0.15, -0.1) is 0 Å². The van der Waals surface area contributed by atoms with Gasteiger partial charge in [-0.25, -0.2) is 18.2 Å². The van der Waals surface area contributed by atoms with Gasteiger partial charge in [0, 0.05) is 25.4 Å². The molecule has 1 amide bonds. The Balaban J connectivity index is 1.65. The largest absolute Gasteiger partial charge is 0.495 e. The van der Waals surface area contributed by atoms with Gasteiger partial charge >= 0.3 is 5.97 Å². The maximum Gasteiger partial charge on any atom is 0.340 e. The molecule has 0 atom stereocenters. The number of pyridine rings is 1. The number of amides is 1. The molecule has 0 bridgehead atoms. The first-order chi connectivity index (χ1) is 14.8. The van der Waals surface area contributed by atoms with Crippen LogP contribution in [0.1, 0.15) is 10.4 Å². The Hall–Kier alpha value is -2.73. The summed E-state index contributed by atoms with van der Waals surface area (Å²) in [4.78, 5) is 27.9. The van der Waals surface area contributed by atoms with Gasteiger partial charge in [0.2, 0.25) is 10.0 Å². The number of methoxy groups -OCH3 is 1. The summed E-state index contributed by atoms with van der Waals surface area (Å²) >= 11 is 5.66. The van der Waals surface area contributed by atoms with E-state index in [1.165, 1.54) is 47.9 Å². The molecule has 31 heavy (non-hydrogen) atoms. The monoisotopic (exact) mass is 469 g/mol. The minimum atomic E-state index is -3.72. The second-order valence-corrected chi connectivity index (χ2v) is 8.70. The number of hydrogen-bond acceptors (Lipinski definition) is 8. The fourth-order valence-corrected chi connectivity index (χ4v) is 4.30. The van der Waals surface area contributed by atoms with Crippen molar-refractivity contribution in [3.63, 3.8) is 0 Å². The van der Waals surface area contributed by atoms with Crippen molar-refractivity contribution in [3.8, 4) is 5.75 Å². The molecule has 0 aliphatic carbocycles. The van der Waals surface area contributed by atoms with Gasteiger partial charge < -0.3 is 19.5 Å². The number of sulfonamides is 1. The van der Waals surface area contributed by atoms with Crippen molar-refractivity contribution in [3.05, 3.63) is 47.2 Å². The Morgan fingerprint density at radius 1 is 1.23 bits per heavy atom. The predicted molar refractivity (Wildman–Crippen MR) is 111 cm³/mol. The van der Waals surface area contributed by atoms with Crippen LogP contribution in [0.4, 0.5) is 5.69 Å². The molecule has 0 saturated carbocycles. The highest BCUT2D eigenvalue weighted by Crippen LogP contribution is 2.29. The lowest BCUT2D eigenvalue weighted by molar-refractivity contribution is -0.119. The molecule has 0 spiro atoms. The number of aromatic nitrogens is 1. The molecule has 3 rings (SSSR count). The van der Waals surface area contributed by atoms with E-state index in [0.29, 0.717) is 13.2 Å². The number of nitrogens with one attached hydrogen (secondary N) is 1. The summed E-state index contributed by atoms with van der Waals surface area (Å²) in [5, 5.41) is 2.75. The maximum atomic E-state index is 12.8. The number of esters is 1. The number of benzene rings is 1. The molecule has 166 valence electrons. The van der Waals surface area contributed by atoms with Crippen LogP contribution in [-0.4, -0.2) is 69.6 Å². The third-order valence-corrected chi connectivity index (χ3v) is 6.47. The van der Waals surface area contributed by atoms with Crippen molar-refractivity contribution in [2.24, 2.45) is 0 Å². The first-order valence-electron chi connectivity index (χ1n) is 9.15. The molecule has 1 aliphatic heterocycles. The van der Waals surface area contributed by atoms with Crippen LogP contribution >= 0.6 is 11.6 Å². The number of carbonyl (C=O) groups excluding carboxylic acids is 2. The second kappa shape index (κ2) is 10.1. The summed E-state index contributed by atoms with van der Waals surface area (Å²) in [6.07, 6.45) is 1.24. The van der Waals surface area contributed by atoms with Crippen LogP contribution in [0.15, 0.2) is 41.4 Å². The molecule has 2 heterocycles. The van der Waals surface area contributed by atoms with Crippen molar-refractivity contribution in [1.82, 2.24) is 9.29 Å². The predicted octanol–water partition coefficient (Wildman–Crippen LogP) is 1.56. The van der Waals surface area contributed by atoms with E-state index in [1.54, 1.807) is 0 Å². The van der Waals surface area contributed by atoms with Gasteiger partial charge in [0.1, 0.15) is 10.9 Å². The number of anilines is 1. The fourth-order valence-electron chi connectivity index (χ4n) is 2.77. The highest BCUT2D eigenvalue weighted by atomic mass is 35.5. The molecule has 0 radical (unpaired) electrons. The van der Waals surface area contributed by atoms with Crippen molar-refractivity contribution < 1.29 is 32.2 Å². The Labute approximate surface area is 184 Å². The summed E-state index contributed by atoms with van der Waals surface area (Å²) in [5.41, 5.74) is 0.380. The van der Waals surface area contributed by atoms with Crippen LogP contribution in [0.5, 0.6) is 5.75 Å². The zero-order chi connectivity index (χ0) is 22.4. The van der Waals surface area contributed by atoms with Crippen molar-refractivity contribution in [2.45, 2.75) is 4.90 Å². The summed E-state index contributed by atoms with van der Waals surface area (Å²) in [6, 6.07) is 6.96. The molecule has 2 aromatic rings. The number of carbonyl (C=O) groups is 2. The van der Waals surface area contributed by atoms with E-state index < -0.39 is 28.5 Å². The minimum absolute atomic E-state index is 0.0333. The highest BCUT2D eigenvalue weighted by Gasteiger charge is 2.27. The number of morpholine rings is 1. The zero-order valence-corrected chi connectivity index (χ0v) is 18.1. The maximum absolute atomic E-state index is 12.8. The molecular formula is C19H20ClN3O7S. The molecule has 0 unspecified atom stereocenters. The van der Waals surface area contributed by atoms with Crippen LogP contribution in [0.2, 0.25) is 5.15 Å². The van der Waals surface area contributed by atoms with E-state index in [4.69, 9.17) is 25.8 Å². The summed E-state index contributed by atoms with van der Waals surface area (Å²) in [6.45, 7) is 0.623. The minimum Gasteiger partial charge on any atom is -0.495 e. The van der Waals surface area contributed by atoms with Crippen molar-refractivity contribution in [2.75, 3.05) is 45.3 Å². The Morgan fingerprint density at radius 3 is 2.61 bits per heavy atom. The van der Waals surface area contributed by atoms with E-state index in [0.717, 1.165) is 0 Å². The van der Waals surface area contributed by atoms with Crippen LogP contribution in [0, 0.1) is 0 Å².